The number of thiazole rings is 1. The third-order valence-electron chi connectivity index (χ3n) is 2.47. The van der Waals surface area contributed by atoms with Crippen LogP contribution in [0, 0.1) is 0 Å². The molecule has 0 aliphatic carbocycles. The summed E-state index contributed by atoms with van der Waals surface area (Å²) in [6.07, 6.45) is 2.55. The molecule has 0 aliphatic heterocycles. The van der Waals surface area contributed by atoms with Crippen molar-refractivity contribution in [2.24, 2.45) is 0 Å². The van der Waals surface area contributed by atoms with E-state index in [9.17, 15) is 8.78 Å². The van der Waals surface area contributed by atoms with E-state index in [1.54, 1.807) is 6.07 Å². The lowest BCUT2D eigenvalue weighted by Crippen LogP contribution is -1.97. The Hall–Kier alpha value is -2.22. The van der Waals surface area contributed by atoms with Crippen LogP contribution in [-0.4, -0.2) is 14.8 Å². The lowest BCUT2D eigenvalue weighted by Gasteiger charge is -1.97. The van der Waals surface area contributed by atoms with E-state index in [0.29, 0.717) is 21.2 Å². The van der Waals surface area contributed by atoms with Gasteiger partial charge in [0.2, 0.25) is 0 Å². The quantitative estimate of drug-likeness (QED) is 0.723. The van der Waals surface area contributed by atoms with E-state index >= 15 is 0 Å². The standard InChI is InChI=1S/C11H9F2N5S/c12-10(13)18-5-7(4-15-18)16-11-17-8-2-1-6(14)3-9(8)19-11/h1-5,10H,14H2,(H,16,17). The molecule has 3 N–H and O–H groups in total. The number of nitrogens with one attached hydrogen (secondary N) is 1. The highest BCUT2D eigenvalue weighted by Crippen LogP contribution is 2.29. The number of aromatic nitrogens is 3. The highest BCUT2D eigenvalue weighted by molar-refractivity contribution is 7.22. The van der Waals surface area contributed by atoms with Crippen molar-refractivity contribution in [3.05, 3.63) is 30.6 Å². The molecule has 19 heavy (non-hydrogen) atoms. The molecule has 0 atom stereocenters. The number of fused-ring (bicyclic) bond motifs is 1. The monoisotopic (exact) mass is 281 g/mol. The molecule has 8 heteroatoms. The smallest absolute Gasteiger partial charge is 0.333 e. The van der Waals surface area contributed by atoms with E-state index < -0.39 is 6.55 Å². The van der Waals surface area contributed by atoms with Gasteiger partial charge in [0.15, 0.2) is 5.13 Å². The fourth-order valence-electron chi connectivity index (χ4n) is 1.63. The van der Waals surface area contributed by atoms with Crippen molar-refractivity contribution in [2.45, 2.75) is 6.55 Å². The fraction of sp³-hybridized carbons (Fsp3) is 0.0909. The second-order valence-corrected chi connectivity index (χ2v) is 4.89. The van der Waals surface area contributed by atoms with Crippen LogP contribution in [0.3, 0.4) is 0 Å². The Morgan fingerprint density at radius 1 is 1.37 bits per heavy atom. The Kier molecular flexibility index (Phi) is 2.79. The Morgan fingerprint density at radius 3 is 2.95 bits per heavy atom. The SMILES string of the molecule is Nc1ccc2nc(Nc3cnn(C(F)F)c3)sc2c1. The highest BCUT2D eigenvalue weighted by Gasteiger charge is 2.09. The van der Waals surface area contributed by atoms with Crippen LogP contribution in [0.25, 0.3) is 10.2 Å². The number of halogens is 2. The zero-order chi connectivity index (χ0) is 13.4. The van der Waals surface area contributed by atoms with Gasteiger partial charge in [-0.15, -0.1) is 0 Å². The highest BCUT2D eigenvalue weighted by atomic mass is 32.1. The van der Waals surface area contributed by atoms with Gasteiger partial charge < -0.3 is 11.1 Å². The summed E-state index contributed by atoms with van der Waals surface area (Å²) in [6.45, 7) is -2.65. The molecule has 0 saturated heterocycles. The van der Waals surface area contributed by atoms with Gasteiger partial charge in [0.1, 0.15) is 0 Å². The molecule has 0 aliphatic rings. The molecule has 3 rings (SSSR count). The van der Waals surface area contributed by atoms with Crippen molar-refractivity contribution in [2.75, 3.05) is 11.1 Å². The molecule has 0 saturated carbocycles. The second-order valence-electron chi connectivity index (χ2n) is 3.86. The van der Waals surface area contributed by atoms with E-state index in [2.05, 4.69) is 15.4 Å². The van der Waals surface area contributed by atoms with Crippen molar-refractivity contribution in [3.8, 4) is 0 Å². The predicted molar refractivity (Wildman–Crippen MR) is 70.8 cm³/mol. The van der Waals surface area contributed by atoms with Gasteiger partial charge in [-0.05, 0) is 18.2 Å². The maximum absolute atomic E-state index is 12.4. The number of nitrogens with two attached hydrogens (primary N) is 1. The van der Waals surface area contributed by atoms with Gasteiger partial charge in [-0.3, -0.25) is 0 Å². The van der Waals surface area contributed by atoms with Crippen LogP contribution in [0.1, 0.15) is 6.55 Å². The topological polar surface area (TPSA) is 68.8 Å². The van der Waals surface area contributed by atoms with Crippen molar-refractivity contribution in [1.82, 2.24) is 14.8 Å². The van der Waals surface area contributed by atoms with Gasteiger partial charge >= 0.3 is 6.55 Å². The normalized spacial score (nSPS) is 11.3. The van der Waals surface area contributed by atoms with Crippen LogP contribution in [0.2, 0.25) is 0 Å². The first-order valence-corrected chi connectivity index (χ1v) is 6.19. The summed E-state index contributed by atoms with van der Waals surface area (Å²) in [4.78, 5) is 4.33. The molecule has 0 bridgehead atoms. The minimum atomic E-state index is -2.65. The molecule has 98 valence electrons. The molecular formula is C11H9F2N5S. The molecule has 0 unspecified atom stereocenters. The first-order valence-electron chi connectivity index (χ1n) is 5.37. The van der Waals surface area contributed by atoms with Crippen LogP contribution < -0.4 is 11.1 Å². The largest absolute Gasteiger partial charge is 0.399 e. The van der Waals surface area contributed by atoms with Crippen LogP contribution in [0.4, 0.5) is 25.3 Å². The van der Waals surface area contributed by atoms with E-state index in [4.69, 9.17) is 5.73 Å². The average Bonchev–Trinajstić information content (AvgIpc) is 2.95. The predicted octanol–water partition coefficient (Wildman–Crippen LogP) is 3.21. The minimum Gasteiger partial charge on any atom is -0.399 e. The molecule has 0 amide bonds. The number of anilines is 3. The zero-order valence-electron chi connectivity index (χ0n) is 9.55. The molecule has 0 radical (unpaired) electrons. The second kappa shape index (κ2) is 4.47. The van der Waals surface area contributed by atoms with E-state index in [1.807, 2.05) is 12.1 Å². The number of hydrogen-bond donors (Lipinski definition) is 2. The Morgan fingerprint density at radius 2 is 2.21 bits per heavy atom. The number of benzene rings is 1. The van der Waals surface area contributed by atoms with Gasteiger partial charge in [-0.25, -0.2) is 9.67 Å². The minimum absolute atomic E-state index is 0.465. The van der Waals surface area contributed by atoms with Gasteiger partial charge in [0, 0.05) is 5.69 Å². The number of nitrogens with zero attached hydrogens (tertiary/aromatic N) is 3. The molecule has 2 aromatic heterocycles. The van der Waals surface area contributed by atoms with Crippen molar-refractivity contribution >= 4 is 38.1 Å². The summed E-state index contributed by atoms with van der Waals surface area (Å²) in [5.74, 6) is 0. The molecule has 1 aromatic carbocycles. The van der Waals surface area contributed by atoms with E-state index in [0.717, 1.165) is 10.2 Å². The molecule has 2 heterocycles. The molecule has 0 fully saturated rings. The zero-order valence-corrected chi connectivity index (χ0v) is 10.4. The maximum Gasteiger partial charge on any atom is 0.333 e. The van der Waals surface area contributed by atoms with Crippen molar-refractivity contribution in [1.29, 1.82) is 0 Å². The van der Waals surface area contributed by atoms with Crippen LogP contribution >= 0.6 is 11.3 Å². The number of alkyl halides is 2. The Labute approximate surface area is 110 Å². The number of nitrogen functional groups attached to an aromatic ring is 1. The van der Waals surface area contributed by atoms with Crippen LogP contribution in [0.5, 0.6) is 0 Å². The van der Waals surface area contributed by atoms with Gasteiger partial charge in [-0.2, -0.15) is 13.9 Å². The summed E-state index contributed by atoms with van der Waals surface area (Å²) in [5, 5.41) is 7.08. The van der Waals surface area contributed by atoms with E-state index in [1.165, 1.54) is 23.7 Å². The van der Waals surface area contributed by atoms with Crippen molar-refractivity contribution in [3.63, 3.8) is 0 Å². The van der Waals surface area contributed by atoms with Gasteiger partial charge in [0.25, 0.3) is 0 Å². The lowest BCUT2D eigenvalue weighted by atomic mass is 10.3. The van der Waals surface area contributed by atoms with Crippen LogP contribution in [0.15, 0.2) is 30.6 Å². The third-order valence-corrected chi connectivity index (χ3v) is 3.40. The van der Waals surface area contributed by atoms with Gasteiger partial charge in [-0.1, -0.05) is 11.3 Å². The summed E-state index contributed by atoms with van der Waals surface area (Å²) in [5.41, 5.74) is 7.62. The Balaban J connectivity index is 1.87. The summed E-state index contributed by atoms with van der Waals surface area (Å²) < 4.78 is 26.3. The Bertz CT molecular complexity index is 721. The summed E-state index contributed by atoms with van der Waals surface area (Å²) >= 11 is 1.40. The summed E-state index contributed by atoms with van der Waals surface area (Å²) in [7, 11) is 0. The molecular weight excluding hydrogens is 272 g/mol. The molecule has 0 spiro atoms. The first kappa shape index (κ1) is 11.8. The third kappa shape index (κ3) is 2.34. The van der Waals surface area contributed by atoms with E-state index in [-0.39, 0.29) is 0 Å². The molecule has 5 nitrogen and oxygen atoms in total. The average molecular weight is 281 g/mol. The fourth-order valence-corrected chi connectivity index (χ4v) is 2.56. The van der Waals surface area contributed by atoms with Crippen LogP contribution in [-0.2, 0) is 0 Å². The first-order chi connectivity index (χ1) is 9.11. The van der Waals surface area contributed by atoms with Gasteiger partial charge in [0.05, 0.1) is 28.3 Å². The maximum atomic E-state index is 12.4. The number of hydrogen-bond acceptors (Lipinski definition) is 5. The lowest BCUT2D eigenvalue weighted by molar-refractivity contribution is 0.0566. The number of rotatable bonds is 3. The molecule has 3 aromatic rings. The summed E-state index contributed by atoms with van der Waals surface area (Å²) in [6, 6.07) is 5.40. The van der Waals surface area contributed by atoms with Crippen molar-refractivity contribution < 1.29 is 8.78 Å².